The van der Waals surface area contributed by atoms with E-state index in [9.17, 15) is 4.79 Å². The second kappa shape index (κ2) is 9.79. The molecule has 0 aliphatic heterocycles. The van der Waals surface area contributed by atoms with Crippen molar-refractivity contribution in [3.8, 4) is 28.3 Å². The maximum atomic E-state index is 13.2. The summed E-state index contributed by atoms with van der Waals surface area (Å²) < 4.78 is 1.96. The molecule has 1 heterocycles. The quantitative estimate of drug-likeness (QED) is 0.309. The molecule has 0 fully saturated rings. The number of amides is 1. The van der Waals surface area contributed by atoms with E-state index < -0.39 is 5.91 Å². The number of halogens is 2. The lowest BCUT2D eigenvalue weighted by Crippen LogP contribution is -2.24. The number of hydrogen-bond donors (Lipinski definition) is 1. The molecule has 7 heteroatoms. The van der Waals surface area contributed by atoms with Gasteiger partial charge in [-0.15, -0.1) is 0 Å². The van der Waals surface area contributed by atoms with E-state index in [1.807, 2.05) is 79.1 Å². The monoisotopic (exact) mass is 479 g/mol. The summed E-state index contributed by atoms with van der Waals surface area (Å²) >= 11 is 12.7. The molecule has 0 bridgehead atoms. The van der Waals surface area contributed by atoms with Gasteiger partial charge < -0.3 is 0 Å². The van der Waals surface area contributed by atoms with Gasteiger partial charge in [0.05, 0.1) is 18.0 Å². The summed E-state index contributed by atoms with van der Waals surface area (Å²) in [5.41, 5.74) is 7.78. The third-order valence-electron chi connectivity index (χ3n) is 5.19. The Balaban J connectivity index is 2.11. The van der Waals surface area contributed by atoms with Crippen LogP contribution in [0.4, 0.5) is 0 Å². The summed E-state index contributed by atoms with van der Waals surface area (Å²) in [6.07, 6.45) is 0. The highest BCUT2D eigenvalue weighted by Crippen LogP contribution is 2.36. The van der Waals surface area contributed by atoms with Gasteiger partial charge in [-0.05, 0) is 56.7 Å². The molecule has 0 spiro atoms. The first kappa shape index (κ1) is 23.1. The second-order valence-corrected chi connectivity index (χ2v) is 8.52. The summed E-state index contributed by atoms with van der Waals surface area (Å²) in [4.78, 5) is 23.2. The average molecular weight is 480 g/mol. The summed E-state index contributed by atoms with van der Waals surface area (Å²) in [6, 6.07) is 21.0. The normalized spacial score (nSPS) is 10.9. The molecule has 168 valence electrons. The van der Waals surface area contributed by atoms with E-state index in [1.54, 1.807) is 13.0 Å². The van der Waals surface area contributed by atoms with Crippen LogP contribution >= 0.6 is 23.2 Å². The molecule has 0 saturated heterocycles. The summed E-state index contributed by atoms with van der Waals surface area (Å²) in [5.74, 6) is 0.167. The third-order valence-corrected chi connectivity index (χ3v) is 5.66. The van der Waals surface area contributed by atoms with Crippen molar-refractivity contribution in [1.82, 2.24) is 15.0 Å². The zero-order valence-corrected chi connectivity index (χ0v) is 20.0. The van der Waals surface area contributed by atoms with E-state index in [2.05, 4.69) is 5.48 Å². The number of nitrogens with zero attached hydrogens (tertiary/aromatic N) is 2. The molecule has 0 radical (unpaired) electrons. The van der Waals surface area contributed by atoms with E-state index in [0.717, 1.165) is 27.9 Å². The molecule has 1 aromatic heterocycles. The number of benzene rings is 3. The molecule has 1 N–H and O–H groups in total. The topological polar surface area (TPSA) is 56.1 Å². The molecule has 0 aliphatic carbocycles. The van der Waals surface area contributed by atoms with Crippen LogP contribution in [0.2, 0.25) is 10.0 Å². The molecule has 1 amide bonds. The maximum Gasteiger partial charge on any atom is 0.295 e. The number of carbonyl (C=O) groups is 1. The third kappa shape index (κ3) is 4.81. The van der Waals surface area contributed by atoms with Gasteiger partial charge in [-0.1, -0.05) is 65.2 Å². The van der Waals surface area contributed by atoms with Crippen LogP contribution < -0.4 is 5.48 Å². The van der Waals surface area contributed by atoms with Crippen LogP contribution in [-0.4, -0.2) is 22.1 Å². The van der Waals surface area contributed by atoms with Gasteiger partial charge in [-0.2, -0.15) is 0 Å². The van der Waals surface area contributed by atoms with Crippen molar-refractivity contribution >= 4 is 29.1 Å². The van der Waals surface area contributed by atoms with Gasteiger partial charge in [0.2, 0.25) is 0 Å². The Morgan fingerprint density at radius 1 is 0.970 bits per heavy atom. The zero-order valence-electron chi connectivity index (χ0n) is 18.5. The first-order valence-corrected chi connectivity index (χ1v) is 11.3. The highest BCUT2D eigenvalue weighted by Gasteiger charge is 2.26. The lowest BCUT2D eigenvalue weighted by atomic mass is 10.1. The van der Waals surface area contributed by atoms with E-state index >= 15 is 0 Å². The molecule has 4 aromatic rings. The Morgan fingerprint density at radius 2 is 1.70 bits per heavy atom. The predicted octanol–water partition coefficient (Wildman–Crippen LogP) is 6.81. The van der Waals surface area contributed by atoms with Crippen LogP contribution in [0.3, 0.4) is 0 Å². The minimum Gasteiger partial charge on any atom is -0.291 e. The average Bonchev–Trinajstić information content (AvgIpc) is 3.19. The highest BCUT2D eigenvalue weighted by atomic mass is 35.5. The van der Waals surface area contributed by atoms with Crippen molar-refractivity contribution in [2.75, 3.05) is 6.61 Å². The SMILES string of the molecule is CCONC(=O)c1nc(-c2cccc(C)c2)n(-c2cc(Cl)ccc2C)c1-c1cccc(Cl)c1. The Bertz CT molecular complexity index is 1330. The molecule has 33 heavy (non-hydrogen) atoms. The molecule has 0 saturated carbocycles. The summed E-state index contributed by atoms with van der Waals surface area (Å²) in [5, 5.41) is 1.13. The van der Waals surface area contributed by atoms with Crippen molar-refractivity contribution in [2.45, 2.75) is 20.8 Å². The Hall–Kier alpha value is -3.12. The van der Waals surface area contributed by atoms with E-state index in [0.29, 0.717) is 28.2 Å². The lowest BCUT2D eigenvalue weighted by molar-refractivity contribution is 0.0361. The van der Waals surface area contributed by atoms with Crippen molar-refractivity contribution in [3.63, 3.8) is 0 Å². The van der Waals surface area contributed by atoms with E-state index in [1.165, 1.54) is 0 Å². The summed E-state index contributed by atoms with van der Waals surface area (Å²) in [6.45, 7) is 6.14. The molecular formula is C26H23Cl2N3O2. The number of carbonyl (C=O) groups excluding carboxylic acids is 1. The van der Waals surface area contributed by atoms with Crippen molar-refractivity contribution in [2.24, 2.45) is 0 Å². The predicted molar refractivity (Wildman–Crippen MR) is 133 cm³/mol. The van der Waals surface area contributed by atoms with Crippen LogP contribution in [0.5, 0.6) is 0 Å². The lowest BCUT2D eigenvalue weighted by Gasteiger charge is -2.16. The molecule has 3 aromatic carbocycles. The van der Waals surface area contributed by atoms with Gasteiger partial charge in [0.1, 0.15) is 5.82 Å². The molecule has 0 atom stereocenters. The number of rotatable bonds is 6. The number of aryl methyl sites for hydroxylation is 2. The number of hydroxylamine groups is 1. The highest BCUT2D eigenvalue weighted by molar-refractivity contribution is 6.31. The molecule has 0 unspecified atom stereocenters. The number of imidazole rings is 1. The zero-order chi connectivity index (χ0) is 23.5. The molecule has 5 nitrogen and oxygen atoms in total. The smallest absolute Gasteiger partial charge is 0.291 e. The Labute approximate surface area is 202 Å². The summed E-state index contributed by atoms with van der Waals surface area (Å²) in [7, 11) is 0. The number of aromatic nitrogens is 2. The van der Waals surface area contributed by atoms with Crippen LogP contribution in [0, 0.1) is 13.8 Å². The Kier molecular flexibility index (Phi) is 6.84. The van der Waals surface area contributed by atoms with Crippen LogP contribution in [-0.2, 0) is 4.84 Å². The van der Waals surface area contributed by atoms with Crippen LogP contribution in [0.25, 0.3) is 28.3 Å². The van der Waals surface area contributed by atoms with E-state index in [-0.39, 0.29) is 5.69 Å². The first-order valence-electron chi connectivity index (χ1n) is 10.5. The van der Waals surface area contributed by atoms with Gasteiger partial charge >= 0.3 is 0 Å². The minimum atomic E-state index is -0.445. The molecular weight excluding hydrogens is 457 g/mol. The fraction of sp³-hybridized carbons (Fsp3) is 0.154. The van der Waals surface area contributed by atoms with Crippen LogP contribution in [0.1, 0.15) is 28.5 Å². The van der Waals surface area contributed by atoms with Gasteiger partial charge in [-0.25, -0.2) is 10.5 Å². The van der Waals surface area contributed by atoms with Gasteiger partial charge in [0.25, 0.3) is 5.91 Å². The van der Waals surface area contributed by atoms with Gasteiger partial charge in [0, 0.05) is 21.2 Å². The van der Waals surface area contributed by atoms with Crippen LogP contribution in [0.15, 0.2) is 66.7 Å². The minimum absolute atomic E-state index is 0.224. The van der Waals surface area contributed by atoms with Crippen molar-refractivity contribution < 1.29 is 9.63 Å². The number of hydrogen-bond acceptors (Lipinski definition) is 3. The fourth-order valence-electron chi connectivity index (χ4n) is 3.70. The van der Waals surface area contributed by atoms with Gasteiger partial charge in [-0.3, -0.25) is 14.2 Å². The number of nitrogens with one attached hydrogen (secondary N) is 1. The molecule has 4 rings (SSSR count). The fourth-order valence-corrected chi connectivity index (χ4v) is 4.06. The molecule has 0 aliphatic rings. The van der Waals surface area contributed by atoms with Crippen molar-refractivity contribution in [3.05, 3.63) is 93.6 Å². The maximum absolute atomic E-state index is 13.2. The largest absolute Gasteiger partial charge is 0.295 e. The van der Waals surface area contributed by atoms with Crippen molar-refractivity contribution in [1.29, 1.82) is 0 Å². The Morgan fingerprint density at radius 3 is 2.42 bits per heavy atom. The second-order valence-electron chi connectivity index (χ2n) is 7.64. The van der Waals surface area contributed by atoms with Gasteiger partial charge in [0.15, 0.2) is 5.69 Å². The standard InChI is InChI=1S/C26H23Cl2N3O2/c1-4-33-30-26(32)23-24(18-8-6-10-20(27)14-18)31(22-15-21(28)12-11-17(22)3)25(29-23)19-9-5-7-16(2)13-19/h5-15H,4H2,1-3H3,(H,30,32). The van der Waals surface area contributed by atoms with E-state index in [4.69, 9.17) is 33.0 Å². The first-order chi connectivity index (χ1) is 15.9.